The van der Waals surface area contributed by atoms with Gasteiger partial charge in [0.25, 0.3) is 0 Å². The van der Waals surface area contributed by atoms with Crippen molar-refractivity contribution in [1.82, 2.24) is 10.2 Å². The monoisotopic (exact) mass is 200 g/mol. The van der Waals surface area contributed by atoms with Crippen molar-refractivity contribution in [1.29, 1.82) is 0 Å². The van der Waals surface area contributed by atoms with Crippen LogP contribution in [-0.2, 0) is 9.53 Å². The van der Waals surface area contributed by atoms with Gasteiger partial charge in [0, 0.05) is 26.1 Å². The Kier molecular flexibility index (Phi) is 3.73. The molecule has 0 aliphatic carbocycles. The number of nitrogens with zero attached hydrogens (tertiary/aromatic N) is 1. The van der Waals surface area contributed by atoms with Crippen LogP contribution in [0.4, 0.5) is 4.79 Å². The highest BCUT2D eigenvalue weighted by Gasteiger charge is 2.22. The lowest BCUT2D eigenvalue weighted by molar-refractivity contribution is -0.130. The van der Waals surface area contributed by atoms with Gasteiger partial charge in [0.2, 0.25) is 5.91 Å². The number of methoxy groups -OCH3 is 1. The molecule has 80 valence electrons. The van der Waals surface area contributed by atoms with Gasteiger partial charge < -0.3 is 15.0 Å². The van der Waals surface area contributed by atoms with Crippen LogP contribution in [0.3, 0.4) is 0 Å². The van der Waals surface area contributed by atoms with Gasteiger partial charge in [-0.05, 0) is 12.8 Å². The summed E-state index contributed by atoms with van der Waals surface area (Å²) in [6.07, 6.45) is 1.40. The number of nitrogens with one attached hydrogen (secondary N) is 1. The minimum absolute atomic E-state index is 0.0279. The van der Waals surface area contributed by atoms with Crippen molar-refractivity contribution >= 4 is 12.0 Å². The molecule has 1 saturated heterocycles. The molecule has 1 atom stereocenters. The number of alkyl carbamates (subject to hydrolysis) is 1. The molecule has 0 aromatic rings. The minimum atomic E-state index is -0.430. The molecule has 1 unspecified atom stereocenters. The smallest absolute Gasteiger partial charge is 0.407 e. The predicted molar refractivity (Wildman–Crippen MR) is 50.8 cm³/mol. The molecule has 5 heteroatoms. The summed E-state index contributed by atoms with van der Waals surface area (Å²) in [5.74, 6) is 0.0568. The highest BCUT2D eigenvalue weighted by atomic mass is 16.5. The van der Waals surface area contributed by atoms with Gasteiger partial charge in [-0.15, -0.1) is 0 Å². The molecule has 2 amide bonds. The van der Waals surface area contributed by atoms with Crippen LogP contribution in [0.5, 0.6) is 0 Å². The summed E-state index contributed by atoms with van der Waals surface area (Å²) in [7, 11) is 1.33. The molecule has 1 N–H and O–H groups in total. The van der Waals surface area contributed by atoms with Crippen molar-refractivity contribution in [3.63, 3.8) is 0 Å². The van der Waals surface area contributed by atoms with Crippen LogP contribution >= 0.6 is 0 Å². The number of hydrogen-bond acceptors (Lipinski definition) is 3. The molecule has 0 bridgehead atoms. The number of rotatable bonds is 1. The molecule has 5 nitrogen and oxygen atoms in total. The second-order valence-corrected chi connectivity index (χ2v) is 3.44. The molecule has 1 aliphatic heterocycles. The Morgan fingerprint density at radius 2 is 2.21 bits per heavy atom. The minimum Gasteiger partial charge on any atom is -0.453 e. The first kappa shape index (κ1) is 10.8. The Hall–Kier alpha value is -1.26. The molecule has 0 aromatic heterocycles. The average Bonchev–Trinajstić information content (AvgIpc) is 2.18. The maximum atomic E-state index is 11.1. The van der Waals surface area contributed by atoms with E-state index in [0.29, 0.717) is 6.54 Å². The van der Waals surface area contributed by atoms with Gasteiger partial charge in [-0.3, -0.25) is 4.79 Å². The van der Waals surface area contributed by atoms with E-state index >= 15 is 0 Å². The summed E-state index contributed by atoms with van der Waals surface area (Å²) < 4.78 is 4.50. The molecule has 1 aliphatic rings. The third-order valence-corrected chi connectivity index (χ3v) is 2.37. The van der Waals surface area contributed by atoms with E-state index in [-0.39, 0.29) is 11.9 Å². The summed E-state index contributed by atoms with van der Waals surface area (Å²) in [6, 6.07) is 0.0279. The normalized spacial score (nSPS) is 21.6. The second kappa shape index (κ2) is 4.83. The molecular weight excluding hydrogens is 184 g/mol. The summed E-state index contributed by atoms with van der Waals surface area (Å²) in [6.45, 7) is 2.92. The van der Waals surface area contributed by atoms with Crippen LogP contribution in [0, 0.1) is 0 Å². The zero-order valence-corrected chi connectivity index (χ0v) is 8.58. The fraction of sp³-hybridized carbons (Fsp3) is 0.778. The molecule has 0 spiro atoms. The Morgan fingerprint density at radius 1 is 1.50 bits per heavy atom. The summed E-state index contributed by atoms with van der Waals surface area (Å²) in [4.78, 5) is 23.7. The number of carbonyl (C=O) groups excluding carboxylic acids is 2. The quantitative estimate of drug-likeness (QED) is 0.664. The van der Waals surface area contributed by atoms with E-state index in [4.69, 9.17) is 0 Å². The molecule has 14 heavy (non-hydrogen) atoms. The standard InChI is InChI=1S/C9H16N2O3/c1-7(12)11-5-3-4-8(6-11)10-9(13)14-2/h8H,3-6H2,1-2H3,(H,10,13). The summed E-state index contributed by atoms with van der Waals surface area (Å²) >= 11 is 0. The number of ether oxygens (including phenoxy) is 1. The highest BCUT2D eigenvalue weighted by molar-refractivity contribution is 5.73. The van der Waals surface area contributed by atoms with Gasteiger partial charge in [0.05, 0.1) is 7.11 Å². The molecule has 1 heterocycles. The number of piperidine rings is 1. The van der Waals surface area contributed by atoms with Gasteiger partial charge in [0.1, 0.15) is 0 Å². The second-order valence-electron chi connectivity index (χ2n) is 3.44. The van der Waals surface area contributed by atoms with E-state index in [1.165, 1.54) is 7.11 Å². The fourth-order valence-corrected chi connectivity index (χ4v) is 1.61. The Morgan fingerprint density at radius 3 is 2.79 bits per heavy atom. The lowest BCUT2D eigenvalue weighted by Crippen LogP contribution is -2.49. The summed E-state index contributed by atoms with van der Waals surface area (Å²) in [5.41, 5.74) is 0. The zero-order chi connectivity index (χ0) is 10.6. The molecule has 0 radical (unpaired) electrons. The molecule has 1 rings (SSSR count). The zero-order valence-electron chi connectivity index (χ0n) is 8.58. The van der Waals surface area contributed by atoms with Gasteiger partial charge in [0.15, 0.2) is 0 Å². The average molecular weight is 200 g/mol. The topological polar surface area (TPSA) is 58.6 Å². The SMILES string of the molecule is COC(=O)NC1CCCN(C(C)=O)C1. The van der Waals surface area contributed by atoms with Crippen molar-refractivity contribution in [3.8, 4) is 0 Å². The van der Waals surface area contributed by atoms with Gasteiger partial charge in [-0.1, -0.05) is 0 Å². The van der Waals surface area contributed by atoms with E-state index in [1.807, 2.05) is 0 Å². The number of hydrogen-bond donors (Lipinski definition) is 1. The van der Waals surface area contributed by atoms with Gasteiger partial charge >= 0.3 is 6.09 Å². The Labute approximate surface area is 83.4 Å². The van der Waals surface area contributed by atoms with Crippen molar-refractivity contribution in [2.45, 2.75) is 25.8 Å². The molecule has 0 saturated carbocycles. The van der Waals surface area contributed by atoms with Gasteiger partial charge in [-0.2, -0.15) is 0 Å². The Balaban J connectivity index is 2.40. The van der Waals surface area contributed by atoms with Crippen LogP contribution in [0.1, 0.15) is 19.8 Å². The first-order chi connectivity index (χ1) is 6.63. The third kappa shape index (κ3) is 2.90. The first-order valence-corrected chi connectivity index (χ1v) is 4.73. The molecular formula is C9H16N2O3. The predicted octanol–water partition coefficient (Wildman–Crippen LogP) is 0.353. The fourth-order valence-electron chi connectivity index (χ4n) is 1.61. The van der Waals surface area contributed by atoms with Crippen molar-refractivity contribution < 1.29 is 14.3 Å². The number of likely N-dealkylation sites (tertiary alicyclic amines) is 1. The van der Waals surface area contributed by atoms with Crippen molar-refractivity contribution in [2.24, 2.45) is 0 Å². The summed E-state index contributed by atoms with van der Waals surface area (Å²) in [5, 5.41) is 2.70. The number of amides is 2. The van der Waals surface area contributed by atoms with E-state index in [9.17, 15) is 9.59 Å². The van der Waals surface area contributed by atoms with Crippen LogP contribution in [0.2, 0.25) is 0 Å². The molecule has 0 aromatic carbocycles. The van der Waals surface area contributed by atoms with E-state index in [2.05, 4.69) is 10.1 Å². The van der Waals surface area contributed by atoms with Crippen LogP contribution in [-0.4, -0.2) is 43.1 Å². The molecule has 1 fully saturated rings. The third-order valence-electron chi connectivity index (χ3n) is 2.37. The number of carbonyl (C=O) groups is 2. The maximum Gasteiger partial charge on any atom is 0.407 e. The maximum absolute atomic E-state index is 11.1. The largest absolute Gasteiger partial charge is 0.453 e. The van der Waals surface area contributed by atoms with Crippen molar-refractivity contribution in [3.05, 3.63) is 0 Å². The Bertz CT molecular complexity index is 230. The first-order valence-electron chi connectivity index (χ1n) is 4.73. The lowest BCUT2D eigenvalue weighted by atomic mass is 10.1. The highest BCUT2D eigenvalue weighted by Crippen LogP contribution is 2.09. The van der Waals surface area contributed by atoms with Crippen molar-refractivity contribution in [2.75, 3.05) is 20.2 Å². The van der Waals surface area contributed by atoms with E-state index < -0.39 is 6.09 Å². The van der Waals surface area contributed by atoms with Crippen LogP contribution in [0.25, 0.3) is 0 Å². The van der Waals surface area contributed by atoms with Crippen LogP contribution < -0.4 is 5.32 Å². The lowest BCUT2D eigenvalue weighted by Gasteiger charge is -2.32. The van der Waals surface area contributed by atoms with E-state index in [1.54, 1.807) is 11.8 Å². The van der Waals surface area contributed by atoms with E-state index in [0.717, 1.165) is 19.4 Å². The van der Waals surface area contributed by atoms with Crippen LogP contribution in [0.15, 0.2) is 0 Å². The van der Waals surface area contributed by atoms with Gasteiger partial charge in [-0.25, -0.2) is 4.79 Å².